The smallest absolute Gasteiger partial charge is 0.247 e. The van der Waals surface area contributed by atoms with Gasteiger partial charge in [0.1, 0.15) is 0 Å². The van der Waals surface area contributed by atoms with E-state index in [1.807, 2.05) is 19.3 Å². The molecule has 0 aromatic carbocycles. The van der Waals surface area contributed by atoms with Crippen molar-refractivity contribution in [2.75, 3.05) is 6.54 Å². The lowest BCUT2D eigenvalue weighted by Gasteiger charge is -2.05. The van der Waals surface area contributed by atoms with Gasteiger partial charge in [-0.3, -0.25) is 10.2 Å². The Balaban J connectivity index is 3.17. The van der Waals surface area contributed by atoms with Crippen LogP contribution >= 0.6 is 0 Å². The summed E-state index contributed by atoms with van der Waals surface area (Å²) in [6, 6.07) is 0.322. The van der Waals surface area contributed by atoms with E-state index in [4.69, 9.17) is 5.84 Å². The predicted molar refractivity (Wildman–Crippen MR) is 35.5 cm³/mol. The van der Waals surface area contributed by atoms with Gasteiger partial charge in [-0.25, -0.2) is 5.84 Å². The molecule has 4 heteroatoms. The van der Waals surface area contributed by atoms with Crippen LogP contribution < -0.4 is 16.6 Å². The van der Waals surface area contributed by atoms with Crippen LogP contribution in [0.3, 0.4) is 0 Å². The molecule has 0 rings (SSSR count). The second kappa shape index (κ2) is 4.29. The first-order valence-corrected chi connectivity index (χ1v) is 2.89. The maximum absolute atomic E-state index is 10.4. The summed E-state index contributed by atoms with van der Waals surface area (Å²) in [6.07, 6.45) is 0. The van der Waals surface area contributed by atoms with E-state index in [0.29, 0.717) is 6.04 Å². The summed E-state index contributed by atoms with van der Waals surface area (Å²) < 4.78 is 0. The van der Waals surface area contributed by atoms with E-state index in [9.17, 15) is 4.79 Å². The lowest BCUT2D eigenvalue weighted by atomic mass is 10.4. The van der Waals surface area contributed by atoms with E-state index in [2.05, 4.69) is 5.32 Å². The van der Waals surface area contributed by atoms with Gasteiger partial charge in [-0.1, -0.05) is 13.8 Å². The molecule has 0 bridgehead atoms. The minimum absolute atomic E-state index is 0.191. The molecule has 0 aromatic rings. The van der Waals surface area contributed by atoms with Crippen molar-refractivity contribution in [2.24, 2.45) is 5.84 Å². The first-order chi connectivity index (χ1) is 4.16. The molecule has 0 atom stereocenters. The van der Waals surface area contributed by atoms with Gasteiger partial charge in [-0.05, 0) is 0 Å². The van der Waals surface area contributed by atoms with E-state index in [1.54, 1.807) is 0 Å². The summed E-state index contributed by atoms with van der Waals surface area (Å²) in [5, 5.41) is 2.90. The third-order valence-corrected chi connectivity index (χ3v) is 0.832. The van der Waals surface area contributed by atoms with Crippen molar-refractivity contribution < 1.29 is 4.79 Å². The molecule has 0 aliphatic carbocycles. The van der Waals surface area contributed by atoms with Crippen LogP contribution in [0, 0.1) is 0 Å². The van der Waals surface area contributed by atoms with E-state index < -0.39 is 0 Å². The highest BCUT2D eigenvalue weighted by Crippen LogP contribution is 1.72. The summed E-state index contributed by atoms with van der Waals surface area (Å²) in [4.78, 5) is 10.4. The van der Waals surface area contributed by atoms with Crippen molar-refractivity contribution in [2.45, 2.75) is 19.9 Å². The molecule has 4 N–H and O–H groups in total. The molecule has 0 aromatic heterocycles. The highest BCUT2D eigenvalue weighted by Gasteiger charge is 1.97. The standard InChI is InChI=1S/C5H13N3O/c1-4(2)7-3-5(9)8-6/h4,7H,3,6H2,1-2H3,(H,8,9). The molecule has 0 aliphatic heterocycles. The first kappa shape index (κ1) is 8.39. The van der Waals surface area contributed by atoms with Gasteiger partial charge in [-0.2, -0.15) is 0 Å². The van der Waals surface area contributed by atoms with Crippen LogP contribution in [0.25, 0.3) is 0 Å². The Morgan fingerprint density at radius 2 is 2.22 bits per heavy atom. The molecule has 54 valence electrons. The largest absolute Gasteiger partial charge is 0.306 e. The summed E-state index contributed by atoms with van der Waals surface area (Å²) in [7, 11) is 0. The zero-order chi connectivity index (χ0) is 7.28. The van der Waals surface area contributed by atoms with Crippen molar-refractivity contribution in [3.05, 3.63) is 0 Å². The fourth-order valence-corrected chi connectivity index (χ4v) is 0.348. The molecule has 0 radical (unpaired) electrons. The number of hydrogen-bond donors (Lipinski definition) is 3. The monoisotopic (exact) mass is 131 g/mol. The fraction of sp³-hybridized carbons (Fsp3) is 0.800. The zero-order valence-electron chi connectivity index (χ0n) is 5.77. The first-order valence-electron chi connectivity index (χ1n) is 2.89. The molecule has 0 unspecified atom stereocenters. The predicted octanol–water partition coefficient (Wildman–Crippen LogP) is -1.03. The quantitative estimate of drug-likeness (QED) is 0.261. The lowest BCUT2D eigenvalue weighted by molar-refractivity contribution is -0.120. The second-order valence-corrected chi connectivity index (χ2v) is 2.10. The van der Waals surface area contributed by atoms with Gasteiger partial charge >= 0.3 is 0 Å². The molecule has 9 heavy (non-hydrogen) atoms. The topological polar surface area (TPSA) is 67.2 Å². The highest BCUT2D eigenvalue weighted by molar-refractivity contribution is 5.77. The molecule has 0 fully saturated rings. The van der Waals surface area contributed by atoms with Crippen molar-refractivity contribution in [3.8, 4) is 0 Å². The van der Waals surface area contributed by atoms with Crippen LogP contribution in [-0.2, 0) is 4.79 Å². The lowest BCUT2D eigenvalue weighted by Crippen LogP contribution is -2.40. The number of hydrogen-bond acceptors (Lipinski definition) is 3. The third kappa shape index (κ3) is 5.26. The molecular weight excluding hydrogens is 118 g/mol. The number of nitrogens with one attached hydrogen (secondary N) is 2. The molecule has 1 amide bonds. The molecule has 4 nitrogen and oxygen atoms in total. The number of amides is 1. The highest BCUT2D eigenvalue weighted by atomic mass is 16.2. The van der Waals surface area contributed by atoms with E-state index >= 15 is 0 Å². The second-order valence-electron chi connectivity index (χ2n) is 2.10. The van der Waals surface area contributed by atoms with Crippen LogP contribution in [0.1, 0.15) is 13.8 Å². The van der Waals surface area contributed by atoms with Gasteiger partial charge in [0.25, 0.3) is 0 Å². The maximum Gasteiger partial charge on any atom is 0.247 e. The van der Waals surface area contributed by atoms with Crippen molar-refractivity contribution in [1.29, 1.82) is 0 Å². The van der Waals surface area contributed by atoms with E-state index in [0.717, 1.165) is 0 Å². The molecule has 0 saturated heterocycles. The van der Waals surface area contributed by atoms with Crippen LogP contribution in [0.2, 0.25) is 0 Å². The van der Waals surface area contributed by atoms with Gasteiger partial charge in [-0.15, -0.1) is 0 Å². The van der Waals surface area contributed by atoms with Gasteiger partial charge < -0.3 is 5.32 Å². The molecule has 0 saturated carbocycles. The number of carbonyl (C=O) groups excluding carboxylic acids is 1. The molecule has 0 heterocycles. The van der Waals surface area contributed by atoms with Crippen molar-refractivity contribution in [1.82, 2.24) is 10.7 Å². The number of nitrogens with two attached hydrogens (primary N) is 1. The number of hydrazine groups is 1. The minimum Gasteiger partial charge on any atom is -0.306 e. The number of carbonyl (C=O) groups is 1. The molecular formula is C5H13N3O. The Kier molecular flexibility index (Phi) is 4.00. The summed E-state index contributed by atoms with van der Waals surface area (Å²) in [5.41, 5.74) is 2.02. The van der Waals surface area contributed by atoms with Crippen LogP contribution in [0.15, 0.2) is 0 Å². The average Bonchev–Trinajstić information content (AvgIpc) is 1.83. The van der Waals surface area contributed by atoms with Crippen LogP contribution in [0.4, 0.5) is 0 Å². The van der Waals surface area contributed by atoms with Gasteiger partial charge in [0.15, 0.2) is 0 Å². The number of rotatable bonds is 3. The molecule has 0 aliphatic rings. The van der Waals surface area contributed by atoms with E-state index in [-0.39, 0.29) is 12.5 Å². The van der Waals surface area contributed by atoms with Gasteiger partial charge in [0, 0.05) is 6.04 Å². The third-order valence-electron chi connectivity index (χ3n) is 0.832. The SMILES string of the molecule is CC(C)NCC(=O)NN. The summed E-state index contributed by atoms with van der Waals surface area (Å²) in [5.74, 6) is 4.63. The molecule has 0 spiro atoms. The zero-order valence-corrected chi connectivity index (χ0v) is 5.77. The Hall–Kier alpha value is -0.610. The summed E-state index contributed by atoms with van der Waals surface area (Å²) >= 11 is 0. The Bertz CT molecular complexity index is 92.2. The van der Waals surface area contributed by atoms with Crippen molar-refractivity contribution >= 4 is 5.91 Å². The normalized spacial score (nSPS) is 9.78. The Labute approximate surface area is 54.8 Å². The minimum atomic E-state index is -0.191. The Morgan fingerprint density at radius 3 is 2.56 bits per heavy atom. The van der Waals surface area contributed by atoms with Gasteiger partial charge in [0.2, 0.25) is 5.91 Å². The summed E-state index contributed by atoms with van der Waals surface area (Å²) in [6.45, 7) is 4.21. The Morgan fingerprint density at radius 1 is 1.67 bits per heavy atom. The van der Waals surface area contributed by atoms with Crippen LogP contribution in [0.5, 0.6) is 0 Å². The average molecular weight is 131 g/mol. The van der Waals surface area contributed by atoms with Gasteiger partial charge in [0.05, 0.1) is 6.54 Å². The van der Waals surface area contributed by atoms with Crippen LogP contribution in [-0.4, -0.2) is 18.5 Å². The van der Waals surface area contributed by atoms with E-state index in [1.165, 1.54) is 0 Å². The fourth-order valence-electron chi connectivity index (χ4n) is 0.348. The van der Waals surface area contributed by atoms with Crippen molar-refractivity contribution in [3.63, 3.8) is 0 Å². The maximum atomic E-state index is 10.4.